The summed E-state index contributed by atoms with van der Waals surface area (Å²) in [6.07, 6.45) is 6.48. The summed E-state index contributed by atoms with van der Waals surface area (Å²) in [5.41, 5.74) is 3.14. The maximum absolute atomic E-state index is 6.44. The van der Waals surface area contributed by atoms with Gasteiger partial charge in [-0.05, 0) is 32.6 Å². The summed E-state index contributed by atoms with van der Waals surface area (Å²) in [6.45, 7) is 6.41. The molecule has 21 heavy (non-hydrogen) atoms. The third-order valence-corrected chi connectivity index (χ3v) is 5.06. The Labute approximate surface area is 131 Å². The van der Waals surface area contributed by atoms with Crippen LogP contribution < -0.4 is 0 Å². The van der Waals surface area contributed by atoms with Crippen molar-refractivity contribution in [3.63, 3.8) is 0 Å². The SMILES string of the molecule is Cc1nn(C)c2c1nc(C(C)Cl)n2C1CCCCCC1C. The van der Waals surface area contributed by atoms with E-state index in [2.05, 4.69) is 16.6 Å². The molecule has 1 aliphatic rings. The number of aryl methyl sites for hydroxylation is 2. The monoisotopic (exact) mass is 308 g/mol. The lowest BCUT2D eigenvalue weighted by molar-refractivity contribution is 0.329. The summed E-state index contributed by atoms with van der Waals surface area (Å²) < 4.78 is 4.36. The van der Waals surface area contributed by atoms with E-state index in [9.17, 15) is 0 Å². The molecule has 116 valence electrons. The van der Waals surface area contributed by atoms with Gasteiger partial charge in [0.1, 0.15) is 11.3 Å². The molecule has 2 aromatic heterocycles. The van der Waals surface area contributed by atoms with Gasteiger partial charge in [-0.25, -0.2) is 4.98 Å². The lowest BCUT2D eigenvalue weighted by atomic mass is 9.96. The molecule has 0 radical (unpaired) electrons. The van der Waals surface area contributed by atoms with Gasteiger partial charge in [-0.2, -0.15) is 5.10 Å². The van der Waals surface area contributed by atoms with Crippen LogP contribution in [0.25, 0.3) is 11.2 Å². The minimum Gasteiger partial charge on any atom is -0.308 e. The Morgan fingerprint density at radius 1 is 1.24 bits per heavy atom. The molecule has 2 heterocycles. The van der Waals surface area contributed by atoms with E-state index in [-0.39, 0.29) is 5.38 Å². The summed E-state index contributed by atoms with van der Waals surface area (Å²) in [6, 6.07) is 0.489. The Morgan fingerprint density at radius 3 is 2.67 bits per heavy atom. The largest absolute Gasteiger partial charge is 0.308 e. The number of halogens is 1. The van der Waals surface area contributed by atoms with Crippen molar-refractivity contribution in [3.05, 3.63) is 11.5 Å². The first-order valence-electron chi connectivity index (χ1n) is 8.06. The molecule has 3 atom stereocenters. The second-order valence-electron chi connectivity index (χ2n) is 6.52. The highest BCUT2D eigenvalue weighted by Gasteiger charge is 2.29. The average molecular weight is 309 g/mol. The van der Waals surface area contributed by atoms with Gasteiger partial charge < -0.3 is 4.57 Å². The van der Waals surface area contributed by atoms with Crippen molar-refractivity contribution in [2.45, 2.75) is 64.3 Å². The highest BCUT2D eigenvalue weighted by atomic mass is 35.5. The van der Waals surface area contributed by atoms with Crippen molar-refractivity contribution in [2.24, 2.45) is 13.0 Å². The molecule has 0 aliphatic heterocycles. The van der Waals surface area contributed by atoms with E-state index in [0.717, 1.165) is 22.7 Å². The summed E-state index contributed by atoms with van der Waals surface area (Å²) >= 11 is 6.44. The first kappa shape index (κ1) is 14.9. The maximum Gasteiger partial charge on any atom is 0.158 e. The highest BCUT2D eigenvalue weighted by molar-refractivity contribution is 6.20. The first-order valence-corrected chi connectivity index (χ1v) is 8.49. The zero-order valence-electron chi connectivity index (χ0n) is 13.4. The van der Waals surface area contributed by atoms with E-state index in [1.165, 1.54) is 32.1 Å². The van der Waals surface area contributed by atoms with E-state index in [1.807, 2.05) is 25.6 Å². The maximum atomic E-state index is 6.44. The molecule has 4 nitrogen and oxygen atoms in total. The standard InChI is InChI=1S/C16H25ClN4/c1-10-8-6-5-7-9-13(10)21-15(11(2)17)18-14-12(3)19-20(4)16(14)21/h10-11,13H,5-9H2,1-4H3. The van der Waals surface area contributed by atoms with Crippen LogP contribution in [0.4, 0.5) is 0 Å². The molecule has 3 unspecified atom stereocenters. The van der Waals surface area contributed by atoms with Crippen LogP contribution in [-0.2, 0) is 7.05 Å². The van der Waals surface area contributed by atoms with E-state index in [4.69, 9.17) is 16.6 Å². The number of fused-ring (bicyclic) bond motifs is 1. The summed E-state index contributed by atoms with van der Waals surface area (Å²) in [5, 5.41) is 4.47. The topological polar surface area (TPSA) is 35.6 Å². The molecule has 0 saturated heterocycles. The van der Waals surface area contributed by atoms with E-state index >= 15 is 0 Å². The van der Waals surface area contributed by atoms with Gasteiger partial charge in [-0.1, -0.05) is 26.2 Å². The molecule has 0 spiro atoms. The highest BCUT2D eigenvalue weighted by Crippen LogP contribution is 2.38. The van der Waals surface area contributed by atoms with Gasteiger partial charge in [0.05, 0.1) is 11.1 Å². The zero-order valence-corrected chi connectivity index (χ0v) is 14.2. The molecule has 1 aliphatic carbocycles. The number of rotatable bonds is 2. The molecule has 1 saturated carbocycles. The zero-order chi connectivity index (χ0) is 15.1. The molecule has 0 aromatic carbocycles. The first-order chi connectivity index (χ1) is 10.0. The predicted molar refractivity (Wildman–Crippen MR) is 86.8 cm³/mol. The number of hydrogen-bond acceptors (Lipinski definition) is 2. The third kappa shape index (κ3) is 2.48. The summed E-state index contributed by atoms with van der Waals surface area (Å²) in [4.78, 5) is 4.82. The third-order valence-electron chi connectivity index (χ3n) is 4.87. The number of alkyl halides is 1. The lowest BCUT2D eigenvalue weighted by Gasteiger charge is -2.26. The van der Waals surface area contributed by atoms with Crippen LogP contribution in [0.3, 0.4) is 0 Å². The van der Waals surface area contributed by atoms with Crippen molar-refractivity contribution in [2.75, 3.05) is 0 Å². The van der Waals surface area contributed by atoms with Crippen LogP contribution in [-0.4, -0.2) is 19.3 Å². The Bertz CT molecular complexity index is 640. The van der Waals surface area contributed by atoms with E-state index < -0.39 is 0 Å². The van der Waals surface area contributed by atoms with Crippen LogP contribution in [0.2, 0.25) is 0 Å². The van der Waals surface area contributed by atoms with Gasteiger partial charge in [-0.3, -0.25) is 4.68 Å². The van der Waals surface area contributed by atoms with Gasteiger partial charge in [0.25, 0.3) is 0 Å². The van der Waals surface area contributed by atoms with Crippen LogP contribution in [0.15, 0.2) is 0 Å². The van der Waals surface area contributed by atoms with Crippen molar-refractivity contribution >= 4 is 22.8 Å². The van der Waals surface area contributed by atoms with Gasteiger partial charge in [-0.15, -0.1) is 11.6 Å². The number of hydrogen-bond donors (Lipinski definition) is 0. The second kappa shape index (κ2) is 5.64. The van der Waals surface area contributed by atoms with Gasteiger partial charge in [0.15, 0.2) is 5.65 Å². The fourth-order valence-corrected chi connectivity index (χ4v) is 3.93. The lowest BCUT2D eigenvalue weighted by Crippen LogP contribution is -2.20. The Balaban J connectivity index is 2.20. The van der Waals surface area contributed by atoms with Gasteiger partial charge in [0, 0.05) is 13.1 Å². The summed E-state index contributed by atoms with van der Waals surface area (Å²) in [5.74, 6) is 1.66. The minimum absolute atomic E-state index is 0.0766. The molecular weight excluding hydrogens is 284 g/mol. The predicted octanol–water partition coefficient (Wildman–Crippen LogP) is 4.52. The Hall–Kier alpha value is -1.03. The quantitative estimate of drug-likeness (QED) is 0.604. The van der Waals surface area contributed by atoms with Crippen LogP contribution in [0.1, 0.15) is 68.9 Å². The van der Waals surface area contributed by atoms with E-state index in [1.54, 1.807) is 0 Å². The smallest absolute Gasteiger partial charge is 0.158 e. The van der Waals surface area contributed by atoms with Gasteiger partial charge in [0.2, 0.25) is 0 Å². The fourth-order valence-electron chi connectivity index (χ4n) is 3.78. The van der Waals surface area contributed by atoms with Crippen LogP contribution >= 0.6 is 11.6 Å². The minimum atomic E-state index is -0.0766. The average Bonchev–Trinajstić information content (AvgIpc) is 2.85. The summed E-state index contributed by atoms with van der Waals surface area (Å²) in [7, 11) is 2.01. The molecule has 0 bridgehead atoms. The van der Waals surface area contributed by atoms with Crippen LogP contribution in [0, 0.1) is 12.8 Å². The number of nitrogens with zero attached hydrogens (tertiary/aromatic N) is 4. The molecule has 0 amide bonds. The Morgan fingerprint density at radius 2 is 1.95 bits per heavy atom. The molecule has 1 fully saturated rings. The van der Waals surface area contributed by atoms with Crippen LogP contribution in [0.5, 0.6) is 0 Å². The van der Waals surface area contributed by atoms with Crippen molar-refractivity contribution in [1.29, 1.82) is 0 Å². The second-order valence-corrected chi connectivity index (χ2v) is 7.17. The number of imidazole rings is 1. The van der Waals surface area contributed by atoms with Gasteiger partial charge >= 0.3 is 0 Å². The molecule has 5 heteroatoms. The molecule has 3 rings (SSSR count). The normalized spacial score (nSPS) is 25.2. The van der Waals surface area contributed by atoms with Crippen molar-refractivity contribution in [1.82, 2.24) is 19.3 Å². The molecule has 0 N–H and O–H groups in total. The fraction of sp³-hybridized carbons (Fsp3) is 0.750. The molecule has 2 aromatic rings. The van der Waals surface area contributed by atoms with E-state index in [0.29, 0.717) is 12.0 Å². The van der Waals surface area contributed by atoms with Crippen molar-refractivity contribution in [3.8, 4) is 0 Å². The molecular formula is C16H25ClN4. The van der Waals surface area contributed by atoms with Crippen molar-refractivity contribution < 1.29 is 0 Å². The Kier molecular flexibility index (Phi) is 4.00. The number of aromatic nitrogens is 4.